The van der Waals surface area contributed by atoms with E-state index in [1.165, 1.54) is 11.3 Å². The van der Waals surface area contributed by atoms with Gasteiger partial charge >= 0.3 is 0 Å². The SMILES string of the molecule is Cc1csc(NC(=O)CSc2nc(N)c(C#N)c(C)c2C#N)n1. The lowest BCUT2D eigenvalue weighted by Crippen LogP contribution is -2.14. The van der Waals surface area contributed by atoms with Gasteiger partial charge in [0, 0.05) is 5.38 Å². The number of nitrogens with zero attached hydrogens (tertiary/aromatic N) is 4. The number of hydrogen-bond donors (Lipinski definition) is 2. The zero-order valence-corrected chi connectivity index (χ0v) is 14.0. The molecule has 0 atom stereocenters. The van der Waals surface area contributed by atoms with Crippen LogP contribution in [-0.2, 0) is 4.79 Å². The molecule has 2 aromatic rings. The number of amides is 1. The second-order valence-corrected chi connectivity index (χ2v) is 6.35. The number of thiazole rings is 1. The van der Waals surface area contributed by atoms with Crippen LogP contribution in [0.3, 0.4) is 0 Å². The number of nitrogens with two attached hydrogens (primary N) is 1. The molecule has 0 aromatic carbocycles. The molecule has 2 rings (SSSR count). The monoisotopic (exact) mass is 344 g/mol. The molecule has 0 aliphatic rings. The number of nitrogens with one attached hydrogen (secondary N) is 1. The number of aromatic nitrogens is 2. The van der Waals surface area contributed by atoms with Crippen molar-refractivity contribution >= 4 is 40.0 Å². The largest absolute Gasteiger partial charge is 0.383 e. The minimum atomic E-state index is -0.254. The molecule has 1 amide bonds. The smallest absolute Gasteiger partial charge is 0.236 e. The second kappa shape index (κ2) is 7.09. The van der Waals surface area contributed by atoms with Gasteiger partial charge in [-0.1, -0.05) is 11.8 Å². The van der Waals surface area contributed by atoms with Gasteiger partial charge in [0.05, 0.1) is 22.6 Å². The van der Waals surface area contributed by atoms with Gasteiger partial charge in [-0.15, -0.1) is 11.3 Å². The van der Waals surface area contributed by atoms with Crippen molar-refractivity contribution in [2.75, 3.05) is 16.8 Å². The van der Waals surface area contributed by atoms with Gasteiger partial charge in [0.2, 0.25) is 5.91 Å². The maximum absolute atomic E-state index is 11.9. The number of carbonyl (C=O) groups is 1. The van der Waals surface area contributed by atoms with E-state index in [0.717, 1.165) is 17.5 Å². The van der Waals surface area contributed by atoms with Crippen LogP contribution in [0.25, 0.3) is 0 Å². The molecule has 3 N–H and O–H groups in total. The Kier molecular flexibility index (Phi) is 5.16. The van der Waals surface area contributed by atoms with Gasteiger partial charge in [-0.3, -0.25) is 4.79 Å². The molecule has 23 heavy (non-hydrogen) atoms. The first-order valence-electron chi connectivity index (χ1n) is 6.41. The van der Waals surface area contributed by atoms with Crippen molar-refractivity contribution in [3.8, 4) is 12.1 Å². The van der Waals surface area contributed by atoms with E-state index in [1.807, 2.05) is 24.4 Å². The molecular formula is C14H12N6OS2. The van der Waals surface area contributed by atoms with Gasteiger partial charge in [0.25, 0.3) is 0 Å². The Morgan fingerprint density at radius 1 is 1.35 bits per heavy atom. The lowest BCUT2D eigenvalue weighted by atomic mass is 10.1. The lowest BCUT2D eigenvalue weighted by Gasteiger charge is -2.09. The molecule has 2 aromatic heterocycles. The van der Waals surface area contributed by atoms with Gasteiger partial charge in [-0.05, 0) is 19.4 Å². The van der Waals surface area contributed by atoms with Gasteiger partial charge in [0.15, 0.2) is 5.13 Å². The summed E-state index contributed by atoms with van der Waals surface area (Å²) in [4.78, 5) is 20.1. The number of nitriles is 2. The van der Waals surface area contributed by atoms with Gasteiger partial charge in [-0.25, -0.2) is 9.97 Å². The number of thioether (sulfide) groups is 1. The molecule has 0 spiro atoms. The molecule has 116 valence electrons. The van der Waals surface area contributed by atoms with Crippen LogP contribution >= 0.6 is 23.1 Å². The first kappa shape index (κ1) is 16.7. The van der Waals surface area contributed by atoms with Crippen molar-refractivity contribution in [2.24, 2.45) is 0 Å². The van der Waals surface area contributed by atoms with Gasteiger partial charge < -0.3 is 11.1 Å². The van der Waals surface area contributed by atoms with Crippen LogP contribution in [0.1, 0.15) is 22.4 Å². The predicted octanol–water partition coefficient (Wildman–Crippen LogP) is 2.21. The number of aryl methyl sites for hydroxylation is 1. The molecular weight excluding hydrogens is 332 g/mol. The van der Waals surface area contributed by atoms with Crippen LogP contribution < -0.4 is 11.1 Å². The average Bonchev–Trinajstić information content (AvgIpc) is 2.90. The maximum Gasteiger partial charge on any atom is 0.236 e. The standard InChI is InChI=1S/C14H12N6OS2/c1-7-5-23-14(18-7)19-11(21)6-22-13-10(4-16)8(2)9(3-15)12(17)20-13/h5H,6H2,1-2H3,(H2,17,20)(H,18,19,21). The summed E-state index contributed by atoms with van der Waals surface area (Å²) in [6, 6.07) is 3.94. The summed E-state index contributed by atoms with van der Waals surface area (Å²) in [7, 11) is 0. The van der Waals surface area contributed by atoms with E-state index >= 15 is 0 Å². The van der Waals surface area contributed by atoms with E-state index in [4.69, 9.17) is 11.0 Å². The maximum atomic E-state index is 11.9. The Balaban J connectivity index is 2.13. The minimum Gasteiger partial charge on any atom is -0.383 e. The lowest BCUT2D eigenvalue weighted by molar-refractivity contribution is -0.113. The van der Waals surface area contributed by atoms with Crippen LogP contribution in [0.2, 0.25) is 0 Å². The Morgan fingerprint density at radius 2 is 2.04 bits per heavy atom. The highest BCUT2D eigenvalue weighted by atomic mass is 32.2. The van der Waals surface area contributed by atoms with E-state index in [0.29, 0.717) is 15.7 Å². The van der Waals surface area contributed by atoms with E-state index in [9.17, 15) is 10.1 Å². The fourth-order valence-electron chi connectivity index (χ4n) is 1.78. The molecule has 0 unspecified atom stereocenters. The van der Waals surface area contributed by atoms with E-state index in [-0.39, 0.29) is 28.6 Å². The van der Waals surface area contributed by atoms with Crippen molar-refractivity contribution in [1.82, 2.24) is 9.97 Å². The molecule has 2 heterocycles. The van der Waals surface area contributed by atoms with Gasteiger partial charge in [-0.2, -0.15) is 10.5 Å². The first-order chi connectivity index (χ1) is 11.0. The molecule has 0 aliphatic heterocycles. The number of carbonyl (C=O) groups excluding carboxylic acids is 1. The van der Waals surface area contributed by atoms with Crippen molar-refractivity contribution in [1.29, 1.82) is 10.5 Å². The highest BCUT2D eigenvalue weighted by Gasteiger charge is 2.17. The number of rotatable bonds is 4. The molecule has 0 fully saturated rings. The highest BCUT2D eigenvalue weighted by Crippen LogP contribution is 2.28. The average molecular weight is 344 g/mol. The number of pyridine rings is 1. The Morgan fingerprint density at radius 3 is 2.61 bits per heavy atom. The molecule has 0 radical (unpaired) electrons. The Labute approximate surface area is 141 Å². The predicted molar refractivity (Wildman–Crippen MR) is 89.0 cm³/mol. The molecule has 7 nitrogen and oxygen atoms in total. The molecule has 0 saturated heterocycles. The quantitative estimate of drug-likeness (QED) is 0.813. The van der Waals surface area contributed by atoms with Crippen LogP contribution in [0, 0.1) is 36.5 Å². The first-order valence-corrected chi connectivity index (χ1v) is 8.27. The summed E-state index contributed by atoms with van der Waals surface area (Å²) in [6.07, 6.45) is 0. The van der Waals surface area contributed by atoms with Crippen molar-refractivity contribution in [3.63, 3.8) is 0 Å². The number of anilines is 2. The van der Waals surface area contributed by atoms with E-state index in [1.54, 1.807) is 6.92 Å². The van der Waals surface area contributed by atoms with Gasteiger partial charge in [0.1, 0.15) is 23.0 Å². The molecule has 0 saturated carbocycles. The summed E-state index contributed by atoms with van der Waals surface area (Å²) >= 11 is 2.44. The highest BCUT2D eigenvalue weighted by molar-refractivity contribution is 8.00. The van der Waals surface area contributed by atoms with Crippen molar-refractivity contribution in [3.05, 3.63) is 27.8 Å². The van der Waals surface area contributed by atoms with Crippen LogP contribution in [-0.4, -0.2) is 21.6 Å². The third kappa shape index (κ3) is 3.77. The summed E-state index contributed by atoms with van der Waals surface area (Å²) < 4.78 is 0. The molecule has 0 aliphatic carbocycles. The Hall–Kier alpha value is -2.62. The van der Waals surface area contributed by atoms with Crippen LogP contribution in [0.5, 0.6) is 0 Å². The topological polar surface area (TPSA) is 128 Å². The van der Waals surface area contributed by atoms with E-state index < -0.39 is 0 Å². The summed E-state index contributed by atoms with van der Waals surface area (Å²) in [6.45, 7) is 3.48. The van der Waals surface area contributed by atoms with E-state index in [2.05, 4.69) is 15.3 Å². The third-order valence-electron chi connectivity index (χ3n) is 2.87. The third-order valence-corrected chi connectivity index (χ3v) is 4.72. The summed E-state index contributed by atoms with van der Waals surface area (Å²) in [5.74, 6) is -0.136. The zero-order chi connectivity index (χ0) is 17.0. The fourth-order valence-corrected chi connectivity index (χ4v) is 3.33. The normalized spacial score (nSPS) is 9.91. The minimum absolute atomic E-state index is 0.0578. The molecule has 0 bridgehead atoms. The summed E-state index contributed by atoms with van der Waals surface area (Å²) in [5.41, 5.74) is 7.48. The summed E-state index contributed by atoms with van der Waals surface area (Å²) in [5, 5.41) is 23.7. The fraction of sp³-hybridized carbons (Fsp3) is 0.214. The Bertz CT molecular complexity index is 846. The van der Waals surface area contributed by atoms with Crippen LogP contribution in [0.4, 0.5) is 10.9 Å². The second-order valence-electron chi connectivity index (χ2n) is 4.53. The van der Waals surface area contributed by atoms with Crippen molar-refractivity contribution < 1.29 is 4.79 Å². The van der Waals surface area contributed by atoms with Crippen LogP contribution in [0.15, 0.2) is 10.4 Å². The zero-order valence-electron chi connectivity index (χ0n) is 12.4. The number of nitrogen functional groups attached to an aromatic ring is 1. The number of hydrogen-bond acceptors (Lipinski definition) is 8. The molecule has 9 heteroatoms. The van der Waals surface area contributed by atoms with Crippen molar-refractivity contribution in [2.45, 2.75) is 18.9 Å².